The molecule has 2 aliphatic carbocycles. The highest BCUT2D eigenvalue weighted by atomic mass is 28.4. The summed E-state index contributed by atoms with van der Waals surface area (Å²) in [4.78, 5) is 2.44. The zero-order chi connectivity index (χ0) is 31.0. The van der Waals surface area contributed by atoms with Crippen molar-refractivity contribution < 1.29 is 23.7 Å². The van der Waals surface area contributed by atoms with Gasteiger partial charge >= 0.3 is 8.32 Å². The molecular weight excluding hydrogens is 579 g/mol. The maximum Gasteiger partial charge on any atom is 0.320 e. The van der Waals surface area contributed by atoms with Crippen LogP contribution in [0.4, 0.5) is 0 Å². The van der Waals surface area contributed by atoms with Crippen molar-refractivity contribution in [3.63, 3.8) is 0 Å². The maximum absolute atomic E-state index is 13.0. The van der Waals surface area contributed by atoms with Gasteiger partial charge in [0.15, 0.2) is 12.0 Å². The van der Waals surface area contributed by atoms with Crippen LogP contribution in [0.1, 0.15) is 51.2 Å². The first-order valence-corrected chi connectivity index (χ1v) is 18.6. The summed E-state index contributed by atoms with van der Waals surface area (Å²) < 4.78 is 27.2. The maximum atomic E-state index is 13.0. The molecule has 0 aromatic heterocycles. The Kier molecular flexibility index (Phi) is 6.90. The molecule has 2 saturated heterocycles. The van der Waals surface area contributed by atoms with Crippen molar-refractivity contribution >= 4 is 18.7 Å². The van der Waals surface area contributed by atoms with E-state index in [9.17, 15) is 5.11 Å². The molecule has 0 radical (unpaired) electrons. The lowest BCUT2D eigenvalue weighted by molar-refractivity contribution is -0.222. The highest BCUT2D eigenvalue weighted by Gasteiger charge is 2.73. The first kappa shape index (κ1) is 29.5. The van der Waals surface area contributed by atoms with Gasteiger partial charge in [-0.1, -0.05) is 93.6 Å². The second-order valence-electron chi connectivity index (χ2n) is 14.7. The summed E-state index contributed by atoms with van der Waals surface area (Å²) in [6, 6.07) is 25.9. The summed E-state index contributed by atoms with van der Waals surface area (Å²) in [5.74, 6) is 1.64. The van der Waals surface area contributed by atoms with E-state index in [1.165, 1.54) is 21.5 Å². The SMILES string of the molecule is C=CCN1CC[C@]23c4c5ccc(O[Si](c6ccccc6)(c6ccccc6)C(C)(C)C)c4O[C@H]2C(C2OCCO2)CC[C@@]3(O)[C@H]1C5. The Morgan fingerprint density at radius 1 is 0.978 bits per heavy atom. The van der Waals surface area contributed by atoms with Gasteiger partial charge in [-0.2, -0.15) is 0 Å². The molecule has 3 aliphatic heterocycles. The zero-order valence-electron chi connectivity index (χ0n) is 26.7. The lowest BCUT2D eigenvalue weighted by Crippen LogP contribution is -2.76. The number of piperidine rings is 1. The Balaban J connectivity index is 1.33. The van der Waals surface area contributed by atoms with Crippen LogP contribution >= 0.6 is 0 Å². The Labute approximate surface area is 268 Å². The van der Waals surface area contributed by atoms with Gasteiger partial charge in [-0.25, -0.2) is 0 Å². The van der Waals surface area contributed by atoms with Crippen LogP contribution in [0, 0.1) is 5.92 Å². The third-order valence-corrected chi connectivity index (χ3v) is 16.6. The highest BCUT2D eigenvalue weighted by molar-refractivity contribution is 7.00. The molecule has 1 N–H and O–H groups in total. The number of nitrogens with zero attached hydrogens (tertiary/aromatic N) is 1. The van der Waals surface area contributed by atoms with Crippen LogP contribution in [0.25, 0.3) is 0 Å². The normalized spacial score (nSPS) is 30.9. The van der Waals surface area contributed by atoms with E-state index in [1.807, 2.05) is 6.08 Å². The van der Waals surface area contributed by atoms with Crippen LogP contribution < -0.4 is 19.5 Å². The molecule has 1 saturated carbocycles. The average Bonchev–Trinajstić information content (AvgIpc) is 3.69. The number of benzene rings is 3. The fraction of sp³-hybridized carbons (Fsp3) is 0.474. The third kappa shape index (κ3) is 4.00. The molecule has 3 aromatic rings. The molecule has 1 unspecified atom stereocenters. The lowest BCUT2D eigenvalue weighted by atomic mass is 9.47. The summed E-state index contributed by atoms with van der Waals surface area (Å²) >= 11 is 0. The van der Waals surface area contributed by atoms with Gasteiger partial charge < -0.3 is 23.7 Å². The van der Waals surface area contributed by atoms with E-state index in [0.29, 0.717) is 19.6 Å². The third-order valence-electron chi connectivity index (χ3n) is 11.6. The van der Waals surface area contributed by atoms with E-state index < -0.39 is 19.3 Å². The largest absolute Gasteiger partial charge is 0.531 e. The summed E-state index contributed by atoms with van der Waals surface area (Å²) in [5, 5.41) is 15.3. The molecule has 3 aromatic carbocycles. The van der Waals surface area contributed by atoms with Crippen LogP contribution in [0.5, 0.6) is 11.5 Å². The van der Waals surface area contributed by atoms with Crippen LogP contribution in [-0.2, 0) is 21.3 Å². The molecule has 3 fully saturated rings. The molecule has 45 heavy (non-hydrogen) atoms. The van der Waals surface area contributed by atoms with Gasteiger partial charge in [0.1, 0.15) is 11.9 Å². The smallest absolute Gasteiger partial charge is 0.320 e. The second-order valence-corrected chi connectivity index (χ2v) is 18.9. The fourth-order valence-electron chi connectivity index (χ4n) is 9.84. The van der Waals surface area contributed by atoms with Crippen molar-refractivity contribution in [2.24, 2.45) is 5.92 Å². The van der Waals surface area contributed by atoms with E-state index in [-0.39, 0.29) is 29.4 Å². The van der Waals surface area contributed by atoms with Crippen LogP contribution in [0.3, 0.4) is 0 Å². The van der Waals surface area contributed by atoms with E-state index in [1.54, 1.807) is 0 Å². The Bertz CT molecular complexity index is 1550. The van der Waals surface area contributed by atoms with Gasteiger partial charge in [-0.15, -0.1) is 6.58 Å². The minimum absolute atomic E-state index is 0.00334. The van der Waals surface area contributed by atoms with E-state index in [0.717, 1.165) is 43.9 Å². The number of aliphatic hydroxyl groups is 1. The number of hydrogen-bond acceptors (Lipinski definition) is 6. The molecule has 5 atom stereocenters. The van der Waals surface area contributed by atoms with Crippen molar-refractivity contribution in [2.45, 2.75) is 80.9 Å². The van der Waals surface area contributed by atoms with Gasteiger partial charge in [0.25, 0.3) is 0 Å². The molecule has 5 aliphatic rings. The van der Waals surface area contributed by atoms with Crippen molar-refractivity contribution in [1.29, 1.82) is 0 Å². The summed E-state index contributed by atoms with van der Waals surface area (Å²) in [7, 11) is -2.93. The molecule has 7 heteroatoms. The van der Waals surface area contributed by atoms with E-state index in [2.05, 4.69) is 105 Å². The van der Waals surface area contributed by atoms with Crippen LogP contribution in [0.2, 0.25) is 5.04 Å². The number of likely N-dealkylation sites (tertiary alicyclic amines) is 1. The Hall–Kier alpha value is -2.94. The summed E-state index contributed by atoms with van der Waals surface area (Å²) in [5.41, 5.74) is 0.950. The quantitative estimate of drug-likeness (QED) is 0.297. The zero-order valence-corrected chi connectivity index (χ0v) is 27.7. The fourth-order valence-corrected chi connectivity index (χ4v) is 14.3. The van der Waals surface area contributed by atoms with Crippen molar-refractivity contribution in [3.8, 4) is 11.5 Å². The van der Waals surface area contributed by atoms with Gasteiger partial charge in [-0.3, -0.25) is 4.90 Å². The van der Waals surface area contributed by atoms with Gasteiger partial charge in [-0.05, 0) is 59.3 Å². The minimum atomic E-state index is -2.93. The number of hydrogen-bond donors (Lipinski definition) is 1. The Morgan fingerprint density at radius 2 is 1.64 bits per heavy atom. The second kappa shape index (κ2) is 10.5. The van der Waals surface area contributed by atoms with Gasteiger partial charge in [0.2, 0.25) is 0 Å². The molecule has 1 spiro atoms. The molecular formula is C38H45NO5Si. The summed E-state index contributed by atoms with van der Waals surface area (Å²) in [6.07, 6.45) is 4.47. The number of rotatable bonds is 7. The molecule has 236 valence electrons. The van der Waals surface area contributed by atoms with E-state index in [4.69, 9.17) is 18.6 Å². The molecule has 8 rings (SSSR count). The topological polar surface area (TPSA) is 60.4 Å². The predicted octanol–water partition coefficient (Wildman–Crippen LogP) is 4.95. The molecule has 6 nitrogen and oxygen atoms in total. The van der Waals surface area contributed by atoms with Gasteiger partial charge in [0.05, 0.1) is 24.2 Å². The molecule has 0 amide bonds. The minimum Gasteiger partial charge on any atom is -0.531 e. The lowest BCUT2D eigenvalue weighted by Gasteiger charge is -2.64. The molecule has 3 heterocycles. The van der Waals surface area contributed by atoms with Crippen molar-refractivity contribution in [3.05, 3.63) is 96.6 Å². The Morgan fingerprint density at radius 3 is 2.27 bits per heavy atom. The molecule has 2 bridgehead atoms. The van der Waals surface area contributed by atoms with Crippen LogP contribution in [0.15, 0.2) is 85.5 Å². The van der Waals surface area contributed by atoms with Crippen molar-refractivity contribution in [1.82, 2.24) is 4.90 Å². The average molecular weight is 624 g/mol. The predicted molar refractivity (Wildman–Crippen MR) is 178 cm³/mol. The highest BCUT2D eigenvalue weighted by Crippen LogP contribution is 2.67. The first-order valence-electron chi connectivity index (χ1n) is 16.7. The standard InChI is InChI=1S/C38H45NO5Si/c1-5-21-39-22-20-37-32-26-16-17-30(44-45(36(2,3)4,27-12-8-6-9-13-27)28-14-10-7-11-15-28)33(32)43-34(37)29(35-41-23-24-42-35)18-19-38(37,40)31(39)25-26/h5-17,29,31,34-35,40H,1,18-25H2,2-4H3/t29?,31-,34+,37+,38-/m1/s1. The monoisotopic (exact) mass is 623 g/mol. The number of ether oxygens (including phenoxy) is 3. The van der Waals surface area contributed by atoms with Crippen LogP contribution in [-0.4, -0.2) is 68.7 Å². The summed E-state index contributed by atoms with van der Waals surface area (Å²) in [6.45, 7) is 13.8. The van der Waals surface area contributed by atoms with Crippen molar-refractivity contribution in [2.75, 3.05) is 26.3 Å². The van der Waals surface area contributed by atoms with Gasteiger partial charge in [0, 0.05) is 24.1 Å². The first-order chi connectivity index (χ1) is 21.7. The van der Waals surface area contributed by atoms with E-state index >= 15 is 0 Å².